The summed E-state index contributed by atoms with van der Waals surface area (Å²) in [7, 11) is 0. The Morgan fingerprint density at radius 2 is 1.92 bits per heavy atom. The van der Waals surface area contributed by atoms with Gasteiger partial charge in [-0.3, -0.25) is 9.27 Å². The number of ether oxygens (including phenoxy) is 1. The van der Waals surface area contributed by atoms with E-state index in [1.807, 2.05) is 19.9 Å². The highest BCUT2D eigenvalue weighted by molar-refractivity contribution is 7.80. The van der Waals surface area contributed by atoms with Gasteiger partial charge in [-0.2, -0.15) is 0 Å². The predicted octanol–water partition coefficient (Wildman–Crippen LogP) is 4.63. The first-order valence-electron chi connectivity index (χ1n) is 7.14. The summed E-state index contributed by atoms with van der Waals surface area (Å²) in [6.07, 6.45) is 1.92. The molecule has 2 N–H and O–H groups in total. The van der Waals surface area contributed by atoms with Crippen molar-refractivity contribution in [2.45, 2.75) is 19.4 Å². The van der Waals surface area contributed by atoms with Crippen LogP contribution in [0.25, 0.3) is 5.57 Å². The highest BCUT2D eigenvalue weighted by Gasteiger charge is 2.29. The Kier molecular flexibility index (Phi) is 4.38. The average molecular weight is 368 g/mol. The number of rotatable bonds is 3. The first-order valence-corrected chi connectivity index (χ1v) is 8.63. The fourth-order valence-corrected chi connectivity index (χ4v) is 3.30. The van der Waals surface area contributed by atoms with Gasteiger partial charge in [-0.1, -0.05) is 23.7 Å². The third-order valence-corrected chi connectivity index (χ3v) is 4.26. The molecule has 3 rings (SSSR count). The third kappa shape index (κ3) is 3.45. The highest BCUT2D eigenvalue weighted by atomic mass is 35.5. The maximum atomic E-state index is 13.2. The third-order valence-electron chi connectivity index (χ3n) is 3.55. The van der Waals surface area contributed by atoms with E-state index in [0.29, 0.717) is 22.0 Å². The number of anilines is 1. The molecule has 0 bridgehead atoms. The molecule has 2 aromatic carbocycles. The van der Waals surface area contributed by atoms with E-state index < -0.39 is 16.9 Å². The minimum Gasteiger partial charge on any atom is -0.483 e. The molecule has 4 nitrogen and oxygen atoms in total. The summed E-state index contributed by atoms with van der Waals surface area (Å²) < 4.78 is 41.5. The quantitative estimate of drug-likeness (QED) is 0.777. The second kappa shape index (κ2) is 6.20. The molecule has 1 unspecified atom stereocenters. The fourth-order valence-electron chi connectivity index (χ4n) is 2.67. The van der Waals surface area contributed by atoms with Gasteiger partial charge in [0.1, 0.15) is 17.2 Å². The van der Waals surface area contributed by atoms with Crippen molar-refractivity contribution in [2.75, 3.05) is 4.72 Å². The van der Waals surface area contributed by atoms with Crippen LogP contribution in [0.15, 0.2) is 42.5 Å². The Bertz CT molecular complexity index is 850. The fraction of sp³-hybridized carbons (Fsp3) is 0.176. The summed E-state index contributed by atoms with van der Waals surface area (Å²) in [4.78, 5) is 0. The Labute approximate surface area is 146 Å². The SMILES string of the molecule is CC1(C)C=C(c2ccc(F)cc2)c2c(Cl)cc(NS(=O)O)cc2O1. The molecular formula is C17H15ClFNO3S. The van der Waals surface area contributed by atoms with Gasteiger partial charge in [-0.25, -0.2) is 8.60 Å². The average Bonchev–Trinajstić information content (AvgIpc) is 2.44. The van der Waals surface area contributed by atoms with Gasteiger partial charge in [0, 0.05) is 11.6 Å². The first-order chi connectivity index (χ1) is 11.2. The Morgan fingerprint density at radius 3 is 2.54 bits per heavy atom. The molecule has 0 saturated carbocycles. The molecule has 0 aliphatic carbocycles. The normalized spacial score (nSPS) is 16.6. The van der Waals surface area contributed by atoms with E-state index in [9.17, 15) is 8.60 Å². The summed E-state index contributed by atoms with van der Waals surface area (Å²) >= 11 is 4.17. The molecule has 0 spiro atoms. The Hall–Kier alpha value is -1.89. The summed E-state index contributed by atoms with van der Waals surface area (Å²) in [5.41, 5.74) is 2.05. The smallest absolute Gasteiger partial charge is 0.259 e. The van der Waals surface area contributed by atoms with Gasteiger partial charge < -0.3 is 4.74 Å². The number of benzene rings is 2. The minimum atomic E-state index is -2.21. The summed E-state index contributed by atoms with van der Waals surface area (Å²) in [5.74, 6) is 0.171. The van der Waals surface area contributed by atoms with E-state index in [1.165, 1.54) is 12.1 Å². The number of fused-ring (bicyclic) bond motifs is 1. The topological polar surface area (TPSA) is 58.6 Å². The van der Waals surface area contributed by atoms with Crippen LogP contribution in [-0.4, -0.2) is 14.4 Å². The van der Waals surface area contributed by atoms with Crippen LogP contribution in [-0.2, 0) is 11.3 Å². The zero-order valence-corrected chi connectivity index (χ0v) is 14.5. The van der Waals surface area contributed by atoms with E-state index in [-0.39, 0.29) is 5.82 Å². The van der Waals surface area contributed by atoms with Crippen LogP contribution in [0, 0.1) is 5.82 Å². The van der Waals surface area contributed by atoms with Crippen molar-refractivity contribution >= 4 is 34.1 Å². The van der Waals surface area contributed by atoms with Crippen molar-refractivity contribution in [3.63, 3.8) is 0 Å². The molecule has 0 radical (unpaired) electrons. The second-order valence-corrected chi connectivity index (χ2v) is 7.06. The van der Waals surface area contributed by atoms with E-state index in [0.717, 1.165) is 11.1 Å². The van der Waals surface area contributed by atoms with Gasteiger partial charge in [0.2, 0.25) is 0 Å². The maximum Gasteiger partial charge on any atom is 0.259 e. The molecule has 1 atom stereocenters. The van der Waals surface area contributed by atoms with Crippen molar-refractivity contribution in [2.24, 2.45) is 0 Å². The molecule has 1 heterocycles. The standard InChI is InChI=1S/C17H15ClFNO3S/c1-17(2)9-13(10-3-5-11(19)6-4-10)16-14(18)7-12(20-24(21)22)8-15(16)23-17/h3-9,20H,1-2H3,(H,21,22). The van der Waals surface area contributed by atoms with Gasteiger partial charge >= 0.3 is 0 Å². The Balaban J connectivity index is 2.16. The molecule has 126 valence electrons. The molecule has 24 heavy (non-hydrogen) atoms. The maximum absolute atomic E-state index is 13.2. The summed E-state index contributed by atoms with van der Waals surface area (Å²) in [6.45, 7) is 3.77. The van der Waals surface area contributed by atoms with Crippen LogP contribution in [0.3, 0.4) is 0 Å². The lowest BCUT2D eigenvalue weighted by Gasteiger charge is -2.32. The minimum absolute atomic E-state index is 0.318. The number of hydrogen-bond acceptors (Lipinski definition) is 2. The lowest BCUT2D eigenvalue weighted by atomic mass is 9.89. The van der Waals surface area contributed by atoms with Crippen molar-refractivity contribution in [3.05, 3.63) is 64.4 Å². The van der Waals surface area contributed by atoms with Crippen LogP contribution < -0.4 is 9.46 Å². The molecule has 1 aliphatic heterocycles. The lowest BCUT2D eigenvalue weighted by Crippen LogP contribution is -2.29. The van der Waals surface area contributed by atoms with E-state index in [2.05, 4.69) is 4.72 Å². The second-order valence-electron chi connectivity index (χ2n) is 5.95. The van der Waals surface area contributed by atoms with Crippen molar-refractivity contribution < 1.29 is 17.9 Å². The first kappa shape index (κ1) is 17.0. The van der Waals surface area contributed by atoms with Gasteiger partial charge in [-0.05, 0) is 49.3 Å². The van der Waals surface area contributed by atoms with Crippen LogP contribution in [0.4, 0.5) is 10.1 Å². The summed E-state index contributed by atoms with van der Waals surface area (Å²) in [6, 6.07) is 9.30. The molecule has 2 aromatic rings. The number of nitrogens with one attached hydrogen (secondary N) is 1. The predicted molar refractivity (Wildman–Crippen MR) is 94.0 cm³/mol. The van der Waals surface area contributed by atoms with Crippen molar-refractivity contribution in [1.82, 2.24) is 0 Å². The van der Waals surface area contributed by atoms with Gasteiger partial charge in [0.05, 0.1) is 10.7 Å². The molecule has 0 amide bonds. The lowest BCUT2D eigenvalue weighted by molar-refractivity contribution is 0.158. The van der Waals surface area contributed by atoms with Gasteiger partial charge in [0.25, 0.3) is 11.3 Å². The highest BCUT2D eigenvalue weighted by Crippen LogP contribution is 2.44. The number of halogens is 2. The molecule has 0 saturated heterocycles. The number of hydrogen-bond donors (Lipinski definition) is 2. The van der Waals surface area contributed by atoms with Crippen molar-refractivity contribution in [3.8, 4) is 5.75 Å². The molecule has 0 fully saturated rings. The van der Waals surface area contributed by atoms with Crippen LogP contribution in [0.5, 0.6) is 5.75 Å². The van der Waals surface area contributed by atoms with E-state index >= 15 is 0 Å². The van der Waals surface area contributed by atoms with E-state index in [4.69, 9.17) is 20.9 Å². The molecule has 7 heteroatoms. The summed E-state index contributed by atoms with van der Waals surface area (Å²) in [5, 5.41) is 0.367. The Morgan fingerprint density at radius 1 is 1.25 bits per heavy atom. The molecule has 1 aliphatic rings. The van der Waals surface area contributed by atoms with Gasteiger partial charge in [-0.15, -0.1) is 0 Å². The zero-order valence-electron chi connectivity index (χ0n) is 13.0. The van der Waals surface area contributed by atoms with E-state index in [1.54, 1.807) is 24.3 Å². The zero-order chi connectivity index (χ0) is 17.5. The molecule has 0 aromatic heterocycles. The monoisotopic (exact) mass is 367 g/mol. The largest absolute Gasteiger partial charge is 0.483 e. The molecular weight excluding hydrogens is 353 g/mol. The van der Waals surface area contributed by atoms with Crippen LogP contribution >= 0.6 is 11.6 Å². The van der Waals surface area contributed by atoms with Crippen LogP contribution in [0.2, 0.25) is 5.02 Å². The van der Waals surface area contributed by atoms with Crippen LogP contribution in [0.1, 0.15) is 25.0 Å². The van der Waals surface area contributed by atoms with Gasteiger partial charge in [0.15, 0.2) is 0 Å². The van der Waals surface area contributed by atoms with Crippen molar-refractivity contribution in [1.29, 1.82) is 0 Å².